The van der Waals surface area contributed by atoms with Crippen LogP contribution in [-0.4, -0.2) is 16.8 Å². The van der Waals surface area contributed by atoms with E-state index in [0.29, 0.717) is 11.8 Å². The Labute approximate surface area is 152 Å². The van der Waals surface area contributed by atoms with Gasteiger partial charge >= 0.3 is 0 Å². The normalized spacial score (nSPS) is 10.3. The lowest BCUT2D eigenvalue weighted by atomic mass is 10.2. The molecule has 27 heavy (non-hydrogen) atoms. The zero-order valence-corrected chi connectivity index (χ0v) is 13.8. The summed E-state index contributed by atoms with van der Waals surface area (Å²) in [5.74, 6) is -2.57. The number of primary amides is 1. The zero-order valence-electron chi connectivity index (χ0n) is 13.8. The second kappa shape index (κ2) is 7.61. The van der Waals surface area contributed by atoms with E-state index in [1.165, 1.54) is 30.3 Å². The predicted molar refractivity (Wildman–Crippen MR) is 93.6 cm³/mol. The summed E-state index contributed by atoms with van der Waals surface area (Å²) >= 11 is 0. The Balaban J connectivity index is 1.77. The maximum absolute atomic E-state index is 13.7. The third-order valence-corrected chi connectivity index (χ3v) is 3.48. The van der Waals surface area contributed by atoms with Gasteiger partial charge in [0.2, 0.25) is 11.8 Å². The lowest BCUT2D eigenvalue weighted by molar-refractivity contribution is 0.0997. The van der Waals surface area contributed by atoms with E-state index in [-0.39, 0.29) is 22.8 Å². The Kier molecular flexibility index (Phi) is 5.07. The predicted octanol–water partition coefficient (Wildman–Crippen LogP) is 3.50. The molecule has 0 radical (unpaired) electrons. The minimum atomic E-state index is -0.904. The number of halogens is 2. The molecule has 2 aromatic carbocycles. The van der Waals surface area contributed by atoms with Gasteiger partial charge in [-0.3, -0.25) is 9.59 Å². The summed E-state index contributed by atoms with van der Waals surface area (Å²) in [7, 11) is 0. The fraction of sp³-hybridized carbons (Fsp3) is 0. The second-order valence-corrected chi connectivity index (χ2v) is 5.43. The number of hydrogen-bond acceptors (Lipinski definition) is 4. The van der Waals surface area contributed by atoms with Gasteiger partial charge in [-0.1, -0.05) is 12.1 Å². The summed E-state index contributed by atoms with van der Waals surface area (Å²) in [6.45, 7) is 0. The van der Waals surface area contributed by atoms with Crippen molar-refractivity contribution in [3.05, 3.63) is 83.6 Å². The molecule has 6 nitrogen and oxygen atoms in total. The highest BCUT2D eigenvalue weighted by Crippen LogP contribution is 2.21. The number of nitrogens with two attached hydrogens (primary N) is 1. The van der Waals surface area contributed by atoms with Crippen LogP contribution in [0.1, 0.15) is 20.8 Å². The molecular formula is C19H13F2N3O3. The minimum absolute atomic E-state index is 0.0396. The summed E-state index contributed by atoms with van der Waals surface area (Å²) in [4.78, 5) is 27.5. The summed E-state index contributed by atoms with van der Waals surface area (Å²) in [5, 5.41) is 2.31. The summed E-state index contributed by atoms with van der Waals surface area (Å²) in [6, 6.07) is 13.4. The highest BCUT2D eigenvalue weighted by Gasteiger charge is 2.13. The van der Waals surface area contributed by atoms with Gasteiger partial charge in [-0.2, -0.15) is 0 Å². The highest BCUT2D eigenvalue weighted by atomic mass is 19.1. The van der Waals surface area contributed by atoms with E-state index in [9.17, 15) is 18.4 Å². The third-order valence-electron chi connectivity index (χ3n) is 3.48. The van der Waals surface area contributed by atoms with E-state index < -0.39 is 23.4 Å². The molecule has 0 aliphatic carbocycles. The number of ether oxygens (including phenoxy) is 1. The SMILES string of the molecule is NC(=O)c1cccc(Oc2cccc(C(=O)Nc3ccc(F)cc3F)n2)c1. The van der Waals surface area contributed by atoms with Crippen molar-refractivity contribution in [1.29, 1.82) is 0 Å². The number of carbonyl (C=O) groups is 2. The van der Waals surface area contributed by atoms with Gasteiger partial charge < -0.3 is 15.8 Å². The van der Waals surface area contributed by atoms with Crippen molar-refractivity contribution in [3.8, 4) is 11.6 Å². The van der Waals surface area contributed by atoms with Crippen LogP contribution >= 0.6 is 0 Å². The van der Waals surface area contributed by atoms with E-state index in [0.717, 1.165) is 12.1 Å². The molecule has 3 aromatic rings. The topological polar surface area (TPSA) is 94.3 Å². The molecule has 1 aromatic heterocycles. The first kappa shape index (κ1) is 18.0. The van der Waals surface area contributed by atoms with Gasteiger partial charge in [0.25, 0.3) is 5.91 Å². The molecule has 0 spiro atoms. The lowest BCUT2D eigenvalue weighted by Gasteiger charge is -2.09. The van der Waals surface area contributed by atoms with Crippen LogP contribution in [0.15, 0.2) is 60.7 Å². The number of aromatic nitrogens is 1. The average molecular weight is 369 g/mol. The first-order chi connectivity index (χ1) is 12.9. The molecule has 0 saturated heterocycles. The van der Waals surface area contributed by atoms with Crippen molar-refractivity contribution in [2.75, 3.05) is 5.32 Å². The van der Waals surface area contributed by atoms with E-state index >= 15 is 0 Å². The van der Waals surface area contributed by atoms with Gasteiger partial charge in [-0.15, -0.1) is 0 Å². The molecule has 0 fully saturated rings. The zero-order chi connectivity index (χ0) is 19.4. The lowest BCUT2D eigenvalue weighted by Crippen LogP contribution is -2.15. The molecule has 3 N–H and O–H groups in total. The molecule has 3 rings (SSSR count). The fourth-order valence-corrected chi connectivity index (χ4v) is 2.21. The third kappa shape index (κ3) is 4.43. The summed E-state index contributed by atoms with van der Waals surface area (Å²) < 4.78 is 32.1. The van der Waals surface area contributed by atoms with Gasteiger partial charge in [0, 0.05) is 17.7 Å². The molecule has 0 aliphatic rings. The van der Waals surface area contributed by atoms with Crippen molar-refractivity contribution in [2.24, 2.45) is 5.73 Å². The molecule has 136 valence electrons. The van der Waals surface area contributed by atoms with Crippen LogP contribution in [0.3, 0.4) is 0 Å². The highest BCUT2D eigenvalue weighted by molar-refractivity contribution is 6.03. The van der Waals surface area contributed by atoms with Crippen LogP contribution in [0.5, 0.6) is 11.6 Å². The van der Waals surface area contributed by atoms with E-state index in [1.54, 1.807) is 12.1 Å². The fourth-order valence-electron chi connectivity index (χ4n) is 2.21. The molecule has 1 heterocycles. The average Bonchev–Trinajstić information content (AvgIpc) is 2.64. The van der Waals surface area contributed by atoms with Crippen molar-refractivity contribution >= 4 is 17.5 Å². The number of amides is 2. The Hall–Kier alpha value is -3.81. The first-order valence-electron chi connectivity index (χ1n) is 7.73. The molecule has 0 unspecified atom stereocenters. The van der Waals surface area contributed by atoms with Gasteiger partial charge in [-0.05, 0) is 36.4 Å². The van der Waals surface area contributed by atoms with Gasteiger partial charge in [0.15, 0.2) is 0 Å². The monoisotopic (exact) mass is 369 g/mol. The number of rotatable bonds is 5. The Bertz CT molecular complexity index is 1020. The number of hydrogen-bond donors (Lipinski definition) is 2. The van der Waals surface area contributed by atoms with Gasteiger partial charge in [-0.25, -0.2) is 13.8 Å². The van der Waals surface area contributed by atoms with Crippen LogP contribution in [0.2, 0.25) is 0 Å². The van der Waals surface area contributed by atoms with Gasteiger partial charge in [0.05, 0.1) is 5.69 Å². The summed E-state index contributed by atoms with van der Waals surface area (Å²) in [6.07, 6.45) is 0. The number of pyridine rings is 1. The first-order valence-corrected chi connectivity index (χ1v) is 7.73. The standard InChI is InChI=1S/C19H13F2N3O3/c20-12-7-8-15(14(21)10-12)24-19(26)16-5-2-6-17(23-16)27-13-4-1-3-11(9-13)18(22)25/h1-10H,(H2,22,25)(H,24,26). The van der Waals surface area contributed by atoms with Crippen molar-refractivity contribution < 1.29 is 23.1 Å². The maximum atomic E-state index is 13.7. The quantitative estimate of drug-likeness (QED) is 0.720. The maximum Gasteiger partial charge on any atom is 0.274 e. The van der Waals surface area contributed by atoms with Crippen molar-refractivity contribution in [1.82, 2.24) is 4.98 Å². The van der Waals surface area contributed by atoms with Crippen LogP contribution in [0, 0.1) is 11.6 Å². The van der Waals surface area contributed by atoms with Crippen LogP contribution in [-0.2, 0) is 0 Å². The summed E-state index contributed by atoms with van der Waals surface area (Å²) in [5.41, 5.74) is 5.26. The molecule has 0 atom stereocenters. The van der Waals surface area contributed by atoms with E-state index in [2.05, 4.69) is 10.3 Å². The largest absolute Gasteiger partial charge is 0.439 e. The molecule has 0 aliphatic heterocycles. The van der Waals surface area contributed by atoms with Crippen LogP contribution in [0.4, 0.5) is 14.5 Å². The number of benzene rings is 2. The molecule has 8 heteroatoms. The number of nitrogens with one attached hydrogen (secondary N) is 1. The minimum Gasteiger partial charge on any atom is -0.439 e. The van der Waals surface area contributed by atoms with Gasteiger partial charge in [0.1, 0.15) is 23.1 Å². The number of nitrogens with zero attached hydrogens (tertiary/aromatic N) is 1. The second-order valence-electron chi connectivity index (χ2n) is 5.43. The molecule has 0 bridgehead atoms. The number of anilines is 1. The van der Waals surface area contributed by atoms with Crippen molar-refractivity contribution in [2.45, 2.75) is 0 Å². The Morgan fingerprint density at radius 2 is 1.78 bits per heavy atom. The molecule has 2 amide bonds. The van der Waals surface area contributed by atoms with Crippen molar-refractivity contribution in [3.63, 3.8) is 0 Å². The van der Waals surface area contributed by atoms with Crippen LogP contribution < -0.4 is 15.8 Å². The Morgan fingerprint density at radius 3 is 2.52 bits per heavy atom. The van der Waals surface area contributed by atoms with E-state index in [1.807, 2.05) is 0 Å². The molecular weight excluding hydrogens is 356 g/mol. The number of carbonyl (C=O) groups excluding carboxylic acids is 2. The molecule has 0 saturated carbocycles. The smallest absolute Gasteiger partial charge is 0.274 e. The van der Waals surface area contributed by atoms with E-state index in [4.69, 9.17) is 10.5 Å². The van der Waals surface area contributed by atoms with Crippen LogP contribution in [0.25, 0.3) is 0 Å². The Morgan fingerprint density at radius 1 is 1.00 bits per heavy atom.